The van der Waals surface area contributed by atoms with Gasteiger partial charge in [-0.2, -0.15) is 5.10 Å². The molecule has 1 atom stereocenters. The molecule has 192 valence electrons. The second-order valence-corrected chi connectivity index (χ2v) is 10.5. The van der Waals surface area contributed by atoms with Crippen molar-refractivity contribution in [3.05, 3.63) is 47.0 Å². The predicted molar refractivity (Wildman–Crippen MR) is 132 cm³/mol. The lowest BCUT2D eigenvalue weighted by Gasteiger charge is -2.34. The molecule has 3 aromatic rings. The van der Waals surface area contributed by atoms with Crippen molar-refractivity contribution < 1.29 is 18.7 Å². The van der Waals surface area contributed by atoms with Gasteiger partial charge in [0.2, 0.25) is 0 Å². The maximum Gasteiger partial charge on any atom is 0.410 e. The Morgan fingerprint density at radius 2 is 1.92 bits per heavy atom. The van der Waals surface area contributed by atoms with Crippen molar-refractivity contribution in [1.82, 2.24) is 24.2 Å². The highest BCUT2D eigenvalue weighted by Crippen LogP contribution is 2.29. The number of hydrogen-bond acceptors (Lipinski definition) is 6. The third-order valence-corrected chi connectivity index (χ3v) is 6.73. The van der Waals surface area contributed by atoms with E-state index in [2.05, 4.69) is 10.1 Å². The molecule has 2 aromatic heterocycles. The predicted octanol–water partition coefficient (Wildman–Crippen LogP) is 4.67. The molecule has 0 saturated carbocycles. The minimum absolute atomic E-state index is 0.0289. The Kier molecular flexibility index (Phi) is 6.55. The molecule has 9 nitrogen and oxygen atoms in total. The van der Waals surface area contributed by atoms with E-state index in [9.17, 15) is 9.59 Å². The molecule has 4 heterocycles. The van der Waals surface area contributed by atoms with Crippen molar-refractivity contribution in [2.24, 2.45) is 0 Å². The minimum Gasteiger partial charge on any atom is -0.444 e. The van der Waals surface area contributed by atoms with E-state index in [1.165, 1.54) is 17.0 Å². The molecule has 10 heteroatoms. The second-order valence-electron chi connectivity index (χ2n) is 10.5. The van der Waals surface area contributed by atoms with E-state index in [1.54, 1.807) is 21.8 Å². The molecule has 2 saturated heterocycles. The number of piperidine rings is 1. The summed E-state index contributed by atoms with van der Waals surface area (Å²) in [5.74, 6) is -0.609. The fraction of sp³-hybridized carbons (Fsp3) is 0.538. The van der Waals surface area contributed by atoms with Crippen LogP contribution in [-0.2, 0) is 9.47 Å². The van der Waals surface area contributed by atoms with E-state index >= 15 is 4.39 Å². The van der Waals surface area contributed by atoms with Crippen LogP contribution in [0.1, 0.15) is 65.1 Å². The smallest absolute Gasteiger partial charge is 0.410 e. The summed E-state index contributed by atoms with van der Waals surface area (Å²) < 4.78 is 29.7. The van der Waals surface area contributed by atoms with Crippen LogP contribution in [0.25, 0.3) is 22.0 Å². The number of carbonyl (C=O) groups excluding carboxylic acids is 1. The number of ether oxygens (including phenoxy) is 2. The average molecular weight is 498 g/mol. The molecular formula is C26H32FN5O4. The SMILES string of the molecule is CC(C)(C)OC(=O)N1CCC(n2cnc3cc(-c4cnn(C5CCCCO5)c4)cc(F)c3c2=O)CC1. The van der Waals surface area contributed by atoms with Crippen LogP contribution in [0.5, 0.6) is 0 Å². The van der Waals surface area contributed by atoms with E-state index in [-0.39, 0.29) is 23.7 Å². The topological polar surface area (TPSA) is 91.5 Å². The van der Waals surface area contributed by atoms with Crippen LogP contribution in [0.2, 0.25) is 0 Å². The molecule has 2 aliphatic rings. The van der Waals surface area contributed by atoms with Gasteiger partial charge in [0.05, 0.1) is 18.0 Å². The van der Waals surface area contributed by atoms with Gasteiger partial charge in [-0.3, -0.25) is 9.36 Å². The zero-order valence-corrected chi connectivity index (χ0v) is 20.9. The summed E-state index contributed by atoms with van der Waals surface area (Å²) in [5, 5.41) is 4.37. The first-order chi connectivity index (χ1) is 17.2. The highest BCUT2D eigenvalue weighted by molar-refractivity contribution is 5.84. The highest BCUT2D eigenvalue weighted by Gasteiger charge is 2.28. The van der Waals surface area contributed by atoms with Crippen LogP contribution < -0.4 is 5.56 Å². The Hall–Kier alpha value is -3.27. The molecule has 0 bridgehead atoms. The lowest BCUT2D eigenvalue weighted by molar-refractivity contribution is -0.0394. The van der Waals surface area contributed by atoms with Crippen molar-refractivity contribution in [3.63, 3.8) is 0 Å². The van der Waals surface area contributed by atoms with Crippen molar-refractivity contribution in [3.8, 4) is 11.1 Å². The normalized spacial score (nSPS) is 19.6. The number of fused-ring (bicyclic) bond motifs is 1. The molecule has 0 N–H and O–H groups in total. The Balaban J connectivity index is 1.35. The molecule has 2 fully saturated rings. The lowest BCUT2D eigenvalue weighted by atomic mass is 10.0. The fourth-order valence-electron chi connectivity index (χ4n) is 4.87. The number of hydrogen-bond donors (Lipinski definition) is 0. The van der Waals surface area contributed by atoms with Gasteiger partial charge in [0, 0.05) is 37.5 Å². The van der Waals surface area contributed by atoms with Gasteiger partial charge in [0.25, 0.3) is 5.56 Å². The number of aromatic nitrogens is 4. The minimum atomic E-state index is -0.609. The molecule has 5 rings (SSSR count). The lowest BCUT2D eigenvalue weighted by Crippen LogP contribution is -2.43. The monoisotopic (exact) mass is 497 g/mol. The quantitative estimate of drug-likeness (QED) is 0.522. The summed E-state index contributed by atoms with van der Waals surface area (Å²) in [6, 6.07) is 2.92. The highest BCUT2D eigenvalue weighted by atomic mass is 19.1. The van der Waals surface area contributed by atoms with Crippen molar-refractivity contribution in [2.75, 3.05) is 19.7 Å². The maximum atomic E-state index is 15.3. The molecule has 1 unspecified atom stereocenters. The molecule has 0 spiro atoms. The first-order valence-corrected chi connectivity index (χ1v) is 12.5. The Labute approximate surface area is 208 Å². The summed E-state index contributed by atoms with van der Waals surface area (Å²) in [7, 11) is 0. The van der Waals surface area contributed by atoms with Crippen LogP contribution >= 0.6 is 0 Å². The summed E-state index contributed by atoms with van der Waals surface area (Å²) >= 11 is 0. The third-order valence-electron chi connectivity index (χ3n) is 6.73. The largest absolute Gasteiger partial charge is 0.444 e. The van der Waals surface area contributed by atoms with Crippen LogP contribution in [0.15, 0.2) is 35.6 Å². The van der Waals surface area contributed by atoms with Gasteiger partial charge < -0.3 is 14.4 Å². The van der Waals surface area contributed by atoms with E-state index in [0.717, 1.165) is 24.8 Å². The van der Waals surface area contributed by atoms with Crippen LogP contribution in [-0.4, -0.2) is 55.6 Å². The number of nitrogens with zero attached hydrogens (tertiary/aromatic N) is 5. The van der Waals surface area contributed by atoms with Gasteiger partial charge >= 0.3 is 6.09 Å². The van der Waals surface area contributed by atoms with E-state index in [1.807, 2.05) is 27.0 Å². The zero-order chi connectivity index (χ0) is 25.4. The number of carbonyl (C=O) groups is 1. The van der Waals surface area contributed by atoms with Gasteiger partial charge in [-0.1, -0.05) is 0 Å². The van der Waals surface area contributed by atoms with Crippen LogP contribution in [0, 0.1) is 5.82 Å². The van der Waals surface area contributed by atoms with Gasteiger partial charge in [-0.15, -0.1) is 0 Å². The number of amides is 1. The fourth-order valence-corrected chi connectivity index (χ4v) is 4.87. The van der Waals surface area contributed by atoms with E-state index < -0.39 is 17.0 Å². The summed E-state index contributed by atoms with van der Waals surface area (Å²) in [4.78, 5) is 31.7. The van der Waals surface area contributed by atoms with Gasteiger partial charge in [0.1, 0.15) is 23.0 Å². The third kappa shape index (κ3) is 5.00. The Bertz CT molecular complexity index is 1310. The molecule has 1 aromatic carbocycles. The van der Waals surface area contributed by atoms with Crippen molar-refractivity contribution in [2.45, 2.75) is 70.7 Å². The van der Waals surface area contributed by atoms with Crippen LogP contribution in [0.4, 0.5) is 9.18 Å². The van der Waals surface area contributed by atoms with Crippen LogP contribution in [0.3, 0.4) is 0 Å². The summed E-state index contributed by atoms with van der Waals surface area (Å²) in [6.07, 6.45) is 8.70. The summed E-state index contributed by atoms with van der Waals surface area (Å²) in [5.41, 5.74) is 0.680. The molecule has 1 amide bonds. The molecule has 0 radical (unpaired) electrons. The standard InChI is InChI=1S/C26H32FN5O4/c1-26(2,3)36-25(34)30-9-7-19(8-10-30)31-16-28-21-13-17(12-20(27)23(21)24(31)33)18-14-29-32(15-18)22-6-4-5-11-35-22/h12-16,19,22H,4-11H2,1-3H3. The summed E-state index contributed by atoms with van der Waals surface area (Å²) in [6.45, 7) is 7.11. The number of rotatable bonds is 3. The second kappa shape index (κ2) is 9.65. The average Bonchev–Trinajstić information content (AvgIpc) is 3.34. The van der Waals surface area contributed by atoms with Crippen molar-refractivity contribution in [1.29, 1.82) is 0 Å². The Morgan fingerprint density at radius 3 is 2.61 bits per heavy atom. The Morgan fingerprint density at radius 1 is 1.14 bits per heavy atom. The van der Waals surface area contributed by atoms with E-state index in [0.29, 0.717) is 43.6 Å². The number of likely N-dealkylation sites (tertiary alicyclic amines) is 1. The molecule has 2 aliphatic heterocycles. The number of halogens is 1. The van der Waals surface area contributed by atoms with Gasteiger partial charge in [-0.05, 0) is 70.6 Å². The van der Waals surface area contributed by atoms with Gasteiger partial charge in [0.15, 0.2) is 0 Å². The molecule has 36 heavy (non-hydrogen) atoms. The maximum absolute atomic E-state index is 15.3. The first kappa shape index (κ1) is 24.4. The zero-order valence-electron chi connectivity index (χ0n) is 20.9. The van der Waals surface area contributed by atoms with Gasteiger partial charge in [-0.25, -0.2) is 18.9 Å². The van der Waals surface area contributed by atoms with E-state index in [4.69, 9.17) is 9.47 Å². The first-order valence-electron chi connectivity index (χ1n) is 12.5. The van der Waals surface area contributed by atoms with Crippen molar-refractivity contribution >= 4 is 17.0 Å². The molecule has 0 aliphatic carbocycles. The molecular weight excluding hydrogens is 465 g/mol. The number of benzene rings is 1.